The number of likely N-dealkylation sites (tertiary alicyclic amines) is 1. The number of hydrogen-bond donors (Lipinski definition) is 1. The molecule has 1 aromatic heterocycles. The molecule has 1 N–H and O–H groups in total. The van der Waals surface area contributed by atoms with E-state index in [4.69, 9.17) is 9.47 Å². The summed E-state index contributed by atoms with van der Waals surface area (Å²) >= 11 is 0. The maximum Gasteiger partial charge on any atom is 0.406 e. The summed E-state index contributed by atoms with van der Waals surface area (Å²) in [5.41, 5.74) is 1.79. The van der Waals surface area contributed by atoms with E-state index in [0.29, 0.717) is 46.7 Å². The molecule has 0 unspecified atom stereocenters. The van der Waals surface area contributed by atoms with E-state index in [0.717, 1.165) is 24.0 Å². The second kappa shape index (κ2) is 14.8. The van der Waals surface area contributed by atoms with Crippen molar-refractivity contribution in [3.63, 3.8) is 0 Å². The molecule has 0 radical (unpaired) electrons. The van der Waals surface area contributed by atoms with Gasteiger partial charge < -0.3 is 29.2 Å². The molecule has 228 valence electrons. The number of halogens is 4. The molecular formula is C31H38F4N4O3. The van der Waals surface area contributed by atoms with Crippen molar-refractivity contribution in [1.29, 1.82) is 0 Å². The molecule has 1 aliphatic heterocycles. The Morgan fingerprint density at radius 2 is 1.95 bits per heavy atom. The number of anilines is 1. The number of carbonyl (C=O) groups is 1. The van der Waals surface area contributed by atoms with Gasteiger partial charge in [0.15, 0.2) is 11.5 Å². The van der Waals surface area contributed by atoms with Crippen LogP contribution in [0.25, 0.3) is 10.9 Å². The minimum atomic E-state index is -4.40. The Labute approximate surface area is 244 Å². The Morgan fingerprint density at radius 1 is 1.19 bits per heavy atom. The first-order valence-electron chi connectivity index (χ1n) is 13.7. The first-order valence-corrected chi connectivity index (χ1v) is 13.7. The van der Waals surface area contributed by atoms with E-state index in [1.165, 1.54) is 7.11 Å². The average molecular weight is 591 g/mol. The average Bonchev–Trinajstić information content (AvgIpc) is 3.30. The first kappa shape index (κ1) is 32.6. The van der Waals surface area contributed by atoms with E-state index in [9.17, 15) is 22.4 Å². The Balaban J connectivity index is 0.000000521. The van der Waals surface area contributed by atoms with Crippen molar-refractivity contribution in [2.24, 2.45) is 0 Å². The topological polar surface area (TPSA) is 59.0 Å². The third-order valence-electron chi connectivity index (χ3n) is 6.87. The fourth-order valence-electron chi connectivity index (χ4n) is 4.59. The Morgan fingerprint density at radius 3 is 2.55 bits per heavy atom. The van der Waals surface area contributed by atoms with Crippen LogP contribution >= 0.6 is 0 Å². The highest BCUT2D eigenvalue weighted by Crippen LogP contribution is 2.30. The van der Waals surface area contributed by atoms with Crippen molar-refractivity contribution in [1.82, 2.24) is 14.4 Å². The summed E-state index contributed by atoms with van der Waals surface area (Å²) < 4.78 is 64.2. The zero-order chi connectivity index (χ0) is 30.9. The summed E-state index contributed by atoms with van der Waals surface area (Å²) in [5.74, 6) is 6.14. The molecule has 0 saturated carbocycles. The predicted molar refractivity (Wildman–Crippen MR) is 157 cm³/mol. The number of amides is 1. The van der Waals surface area contributed by atoms with Crippen LogP contribution in [0.1, 0.15) is 35.8 Å². The Hall–Kier alpha value is -3.91. The van der Waals surface area contributed by atoms with Crippen LogP contribution in [-0.4, -0.2) is 87.1 Å². The molecule has 4 rings (SSSR count). The molecule has 42 heavy (non-hydrogen) atoms. The molecule has 0 bridgehead atoms. The molecule has 1 atom stereocenters. The largest absolute Gasteiger partial charge is 0.493 e. The van der Waals surface area contributed by atoms with Crippen molar-refractivity contribution in [2.45, 2.75) is 38.7 Å². The van der Waals surface area contributed by atoms with E-state index < -0.39 is 18.9 Å². The fraction of sp³-hybridized carbons (Fsp3) is 0.452. The molecule has 1 saturated heterocycles. The van der Waals surface area contributed by atoms with Gasteiger partial charge in [0.2, 0.25) is 0 Å². The molecule has 0 spiro atoms. The van der Waals surface area contributed by atoms with Gasteiger partial charge in [-0.3, -0.25) is 4.79 Å². The molecule has 1 fully saturated rings. The number of benzene rings is 2. The maximum absolute atomic E-state index is 13.2. The molecule has 2 heterocycles. The predicted octanol–water partition coefficient (Wildman–Crippen LogP) is 5.83. The normalized spacial score (nSPS) is 15.2. The van der Waals surface area contributed by atoms with Crippen LogP contribution < -0.4 is 14.8 Å². The van der Waals surface area contributed by atoms with Crippen molar-refractivity contribution >= 4 is 22.5 Å². The van der Waals surface area contributed by atoms with Gasteiger partial charge in [-0.1, -0.05) is 12.0 Å². The molecule has 1 amide bonds. The lowest BCUT2D eigenvalue weighted by Gasteiger charge is -2.24. The number of carbonyl (C=O) groups excluding carboxylic acids is 1. The van der Waals surface area contributed by atoms with Crippen molar-refractivity contribution in [3.8, 4) is 23.3 Å². The molecule has 2 aromatic carbocycles. The van der Waals surface area contributed by atoms with E-state index in [-0.39, 0.29) is 18.2 Å². The van der Waals surface area contributed by atoms with Crippen LogP contribution in [0.4, 0.5) is 23.2 Å². The lowest BCUT2D eigenvalue weighted by Crippen LogP contribution is -2.32. The number of alkyl halides is 4. The van der Waals surface area contributed by atoms with E-state index in [2.05, 4.69) is 17.2 Å². The number of nitrogens with one attached hydrogen (secondary N) is 1. The zero-order valence-corrected chi connectivity index (χ0v) is 24.6. The van der Waals surface area contributed by atoms with Crippen LogP contribution in [0, 0.1) is 11.8 Å². The minimum Gasteiger partial charge on any atom is -0.493 e. The standard InChI is InChI=1S/C25H26F3N3O3.C6H12FN/c1-5-30(3)24(32)17-11-12-22(33-4)23(14-17)34-13-7-8-18-15-19-20(29-2)9-6-10-21(19)31(18)16-25(26,27)28;1-8-4-2-3-6(7)5-8/h6,9-12,14-15,29H,5,13,16H2,1-4H3;6H,2-5H2,1H3/t;6-/m.1/s1. The number of rotatable bonds is 7. The molecule has 0 aliphatic carbocycles. The number of piperidine rings is 1. The van der Waals surface area contributed by atoms with Gasteiger partial charge in [0.1, 0.15) is 19.3 Å². The van der Waals surface area contributed by atoms with Crippen LogP contribution in [-0.2, 0) is 6.54 Å². The fourth-order valence-corrected chi connectivity index (χ4v) is 4.59. The highest BCUT2D eigenvalue weighted by Gasteiger charge is 2.30. The van der Waals surface area contributed by atoms with Crippen molar-refractivity contribution in [2.75, 3.05) is 59.8 Å². The summed E-state index contributed by atoms with van der Waals surface area (Å²) in [6.07, 6.45) is -3.17. The summed E-state index contributed by atoms with van der Waals surface area (Å²) in [5, 5.41) is 3.63. The summed E-state index contributed by atoms with van der Waals surface area (Å²) in [7, 11) is 6.84. The van der Waals surface area contributed by atoms with Gasteiger partial charge in [-0.25, -0.2) is 4.39 Å². The second-order valence-electron chi connectivity index (χ2n) is 10.00. The minimum absolute atomic E-state index is 0.107. The second-order valence-corrected chi connectivity index (χ2v) is 10.00. The van der Waals surface area contributed by atoms with Crippen LogP contribution in [0.15, 0.2) is 42.5 Å². The van der Waals surface area contributed by atoms with E-state index in [1.54, 1.807) is 61.5 Å². The number of aromatic nitrogens is 1. The molecule has 3 aromatic rings. The highest BCUT2D eigenvalue weighted by atomic mass is 19.4. The first-order chi connectivity index (χ1) is 20.0. The Bertz CT molecular complexity index is 1400. The number of nitrogens with zero attached hydrogens (tertiary/aromatic N) is 3. The summed E-state index contributed by atoms with van der Waals surface area (Å²) in [6.45, 7) is 2.86. The number of ether oxygens (including phenoxy) is 2. The Kier molecular flexibility index (Phi) is 11.5. The van der Waals surface area contributed by atoms with Crippen molar-refractivity contribution in [3.05, 3.63) is 53.7 Å². The van der Waals surface area contributed by atoms with Gasteiger partial charge in [-0.2, -0.15) is 13.2 Å². The maximum atomic E-state index is 13.2. The third kappa shape index (κ3) is 8.79. The summed E-state index contributed by atoms with van der Waals surface area (Å²) in [6, 6.07) is 11.6. The smallest absolute Gasteiger partial charge is 0.406 e. The van der Waals surface area contributed by atoms with E-state index in [1.807, 2.05) is 18.9 Å². The third-order valence-corrected chi connectivity index (χ3v) is 6.87. The number of methoxy groups -OCH3 is 1. The monoisotopic (exact) mass is 590 g/mol. The van der Waals surface area contributed by atoms with Crippen molar-refractivity contribution < 1.29 is 31.8 Å². The molecule has 7 nitrogen and oxygen atoms in total. The van der Waals surface area contributed by atoms with Crippen LogP contribution in [0.3, 0.4) is 0 Å². The zero-order valence-electron chi connectivity index (χ0n) is 24.6. The molecule has 11 heteroatoms. The van der Waals surface area contributed by atoms with Gasteiger partial charge >= 0.3 is 6.18 Å². The van der Waals surface area contributed by atoms with Crippen LogP contribution in [0.5, 0.6) is 11.5 Å². The lowest BCUT2D eigenvalue weighted by molar-refractivity contribution is -0.140. The summed E-state index contributed by atoms with van der Waals surface area (Å²) in [4.78, 5) is 16.0. The van der Waals surface area contributed by atoms with Gasteiger partial charge in [-0.05, 0) is 75.7 Å². The molecule has 1 aliphatic rings. The quantitative estimate of drug-likeness (QED) is 0.278. The SMILES string of the molecule is CCN(C)C(=O)c1ccc(OC)c(OCC#Cc2cc3c(NC)cccc3n2CC(F)(F)F)c1.CN1CCC[C@@H](F)C1. The van der Waals surface area contributed by atoms with E-state index >= 15 is 0 Å². The molecular weight excluding hydrogens is 552 g/mol. The van der Waals surface area contributed by atoms with Gasteiger partial charge in [0.05, 0.1) is 18.3 Å². The van der Waals surface area contributed by atoms with Crippen LogP contribution in [0.2, 0.25) is 0 Å². The van der Waals surface area contributed by atoms with Gasteiger partial charge in [0, 0.05) is 43.8 Å². The van der Waals surface area contributed by atoms with Gasteiger partial charge in [-0.15, -0.1) is 0 Å². The lowest BCUT2D eigenvalue weighted by atomic mass is 10.1. The number of hydrogen-bond acceptors (Lipinski definition) is 5. The van der Waals surface area contributed by atoms with Gasteiger partial charge in [0.25, 0.3) is 5.91 Å². The highest BCUT2D eigenvalue weighted by molar-refractivity contribution is 5.95. The number of fused-ring (bicyclic) bond motifs is 1.